The minimum Gasteiger partial charge on any atom is -0.380 e. The lowest BCUT2D eigenvalue weighted by Gasteiger charge is -2.11. The second kappa shape index (κ2) is 5.85. The zero-order chi connectivity index (χ0) is 13.8. The molecule has 0 atom stereocenters. The Morgan fingerprint density at radius 1 is 1.32 bits per heavy atom. The van der Waals surface area contributed by atoms with Gasteiger partial charge < -0.3 is 5.32 Å². The zero-order valence-electron chi connectivity index (χ0n) is 10.4. The monoisotopic (exact) mass is 318 g/mol. The van der Waals surface area contributed by atoms with Gasteiger partial charge in [0.2, 0.25) is 0 Å². The summed E-state index contributed by atoms with van der Waals surface area (Å²) in [5, 5.41) is 12.0. The van der Waals surface area contributed by atoms with Gasteiger partial charge in [-0.2, -0.15) is 5.26 Å². The summed E-state index contributed by atoms with van der Waals surface area (Å²) in [5.41, 5.74) is 2.95. The quantitative estimate of drug-likeness (QED) is 0.911. The zero-order valence-corrected chi connectivity index (χ0v) is 12.0. The highest BCUT2D eigenvalue weighted by atomic mass is 79.9. The van der Waals surface area contributed by atoms with Gasteiger partial charge in [-0.3, -0.25) is 0 Å². The SMILES string of the molecule is Cc1cccc(NCc2cc(C#N)ccc2F)c1Br. The molecule has 2 aromatic rings. The van der Waals surface area contributed by atoms with Gasteiger partial charge in [0.25, 0.3) is 0 Å². The summed E-state index contributed by atoms with van der Waals surface area (Å²) in [7, 11) is 0. The van der Waals surface area contributed by atoms with Crippen LogP contribution in [0.4, 0.5) is 10.1 Å². The van der Waals surface area contributed by atoms with Crippen molar-refractivity contribution in [2.45, 2.75) is 13.5 Å². The third-order valence-corrected chi connectivity index (χ3v) is 3.89. The number of hydrogen-bond donors (Lipinski definition) is 1. The minimum atomic E-state index is -0.310. The summed E-state index contributed by atoms with van der Waals surface area (Å²) in [6.45, 7) is 2.33. The minimum absolute atomic E-state index is 0.310. The number of rotatable bonds is 3. The van der Waals surface area contributed by atoms with Crippen LogP contribution in [0.25, 0.3) is 0 Å². The number of nitriles is 1. The molecular formula is C15H12BrFN2. The molecule has 0 amide bonds. The lowest BCUT2D eigenvalue weighted by Crippen LogP contribution is -2.03. The van der Waals surface area contributed by atoms with Gasteiger partial charge in [0.1, 0.15) is 5.82 Å². The van der Waals surface area contributed by atoms with E-state index in [-0.39, 0.29) is 5.82 Å². The molecule has 0 heterocycles. The first-order valence-electron chi connectivity index (χ1n) is 5.79. The van der Waals surface area contributed by atoms with Gasteiger partial charge in [0.15, 0.2) is 0 Å². The molecule has 1 N–H and O–H groups in total. The Labute approximate surface area is 120 Å². The van der Waals surface area contributed by atoms with Gasteiger partial charge in [-0.25, -0.2) is 4.39 Å². The van der Waals surface area contributed by atoms with Gasteiger partial charge in [-0.1, -0.05) is 12.1 Å². The van der Waals surface area contributed by atoms with E-state index < -0.39 is 0 Å². The van der Waals surface area contributed by atoms with E-state index in [0.717, 1.165) is 15.7 Å². The number of aryl methyl sites for hydroxylation is 1. The van der Waals surface area contributed by atoms with Crippen LogP contribution in [0.5, 0.6) is 0 Å². The molecule has 2 nitrogen and oxygen atoms in total. The number of halogens is 2. The number of benzene rings is 2. The molecule has 0 fully saturated rings. The molecule has 4 heteroatoms. The predicted molar refractivity (Wildman–Crippen MR) is 77.3 cm³/mol. The van der Waals surface area contributed by atoms with E-state index >= 15 is 0 Å². The number of nitrogens with zero attached hydrogens (tertiary/aromatic N) is 1. The fraction of sp³-hybridized carbons (Fsp3) is 0.133. The van der Waals surface area contributed by atoms with Crippen LogP contribution < -0.4 is 5.32 Å². The summed E-state index contributed by atoms with van der Waals surface area (Å²) in [5.74, 6) is -0.310. The summed E-state index contributed by atoms with van der Waals surface area (Å²) in [6, 6.07) is 12.2. The second-order valence-electron chi connectivity index (χ2n) is 4.21. The van der Waals surface area contributed by atoms with E-state index in [4.69, 9.17) is 5.26 Å². The predicted octanol–water partition coefficient (Wildman–Crippen LogP) is 4.38. The fourth-order valence-electron chi connectivity index (χ4n) is 1.75. The lowest BCUT2D eigenvalue weighted by atomic mass is 10.1. The van der Waals surface area contributed by atoms with Crippen molar-refractivity contribution in [2.24, 2.45) is 0 Å². The molecule has 2 rings (SSSR count). The topological polar surface area (TPSA) is 35.8 Å². The largest absolute Gasteiger partial charge is 0.380 e. The Morgan fingerprint density at radius 3 is 2.84 bits per heavy atom. The molecule has 19 heavy (non-hydrogen) atoms. The Kier molecular flexibility index (Phi) is 4.18. The molecule has 0 saturated heterocycles. The van der Waals surface area contributed by atoms with Crippen molar-refractivity contribution in [1.29, 1.82) is 5.26 Å². The number of hydrogen-bond acceptors (Lipinski definition) is 2. The van der Waals surface area contributed by atoms with Crippen LogP contribution in [0.1, 0.15) is 16.7 Å². The van der Waals surface area contributed by atoms with Crippen LogP contribution in [0.15, 0.2) is 40.9 Å². The molecule has 0 saturated carbocycles. The molecule has 0 aromatic heterocycles. The van der Waals surface area contributed by atoms with E-state index in [1.807, 2.05) is 31.2 Å². The number of anilines is 1. The van der Waals surface area contributed by atoms with Gasteiger partial charge in [0.05, 0.1) is 11.6 Å². The van der Waals surface area contributed by atoms with Crippen LogP contribution in [-0.2, 0) is 6.54 Å². The fourth-order valence-corrected chi connectivity index (χ4v) is 2.16. The maximum atomic E-state index is 13.6. The Bertz CT molecular complexity index is 647. The van der Waals surface area contributed by atoms with E-state index in [2.05, 4.69) is 21.2 Å². The highest BCUT2D eigenvalue weighted by molar-refractivity contribution is 9.10. The smallest absolute Gasteiger partial charge is 0.128 e. The first-order chi connectivity index (χ1) is 9.11. The van der Waals surface area contributed by atoms with Crippen molar-refractivity contribution >= 4 is 21.6 Å². The van der Waals surface area contributed by atoms with Gasteiger partial charge in [0, 0.05) is 22.3 Å². The molecule has 0 aliphatic rings. The van der Waals surface area contributed by atoms with Crippen LogP contribution in [-0.4, -0.2) is 0 Å². The van der Waals surface area contributed by atoms with E-state index in [0.29, 0.717) is 17.7 Å². The summed E-state index contributed by atoms with van der Waals surface area (Å²) < 4.78 is 14.6. The van der Waals surface area contributed by atoms with Crippen LogP contribution in [0.2, 0.25) is 0 Å². The van der Waals surface area contributed by atoms with Crippen LogP contribution >= 0.6 is 15.9 Å². The molecule has 96 valence electrons. The van der Waals surface area contributed by atoms with E-state index in [9.17, 15) is 4.39 Å². The van der Waals surface area contributed by atoms with Crippen molar-refractivity contribution in [2.75, 3.05) is 5.32 Å². The first kappa shape index (κ1) is 13.6. The van der Waals surface area contributed by atoms with Crippen molar-refractivity contribution in [3.05, 3.63) is 63.4 Å². The summed E-state index contributed by atoms with van der Waals surface area (Å²) in [6.07, 6.45) is 0. The van der Waals surface area contributed by atoms with Crippen LogP contribution in [0.3, 0.4) is 0 Å². The standard InChI is InChI=1S/C15H12BrFN2/c1-10-3-2-4-14(15(10)16)19-9-12-7-11(8-18)5-6-13(12)17/h2-7,19H,9H2,1H3. The average Bonchev–Trinajstić information content (AvgIpc) is 2.42. The number of nitrogens with one attached hydrogen (secondary N) is 1. The normalized spacial score (nSPS) is 10.0. The molecule has 0 bridgehead atoms. The highest BCUT2D eigenvalue weighted by Crippen LogP contribution is 2.26. The first-order valence-corrected chi connectivity index (χ1v) is 6.58. The van der Waals surface area contributed by atoms with Gasteiger partial charge in [-0.15, -0.1) is 0 Å². The maximum absolute atomic E-state index is 13.6. The average molecular weight is 319 g/mol. The van der Waals surface area contributed by atoms with Crippen LogP contribution in [0, 0.1) is 24.1 Å². The van der Waals surface area contributed by atoms with Crippen molar-refractivity contribution in [1.82, 2.24) is 0 Å². The third kappa shape index (κ3) is 3.12. The Balaban J connectivity index is 2.19. The molecule has 0 spiro atoms. The van der Waals surface area contributed by atoms with Gasteiger partial charge >= 0.3 is 0 Å². The molecule has 0 unspecified atom stereocenters. The van der Waals surface area contributed by atoms with E-state index in [1.54, 1.807) is 6.07 Å². The summed E-state index contributed by atoms with van der Waals surface area (Å²) >= 11 is 3.49. The maximum Gasteiger partial charge on any atom is 0.128 e. The third-order valence-electron chi connectivity index (χ3n) is 2.84. The molecule has 2 aromatic carbocycles. The van der Waals surface area contributed by atoms with Crippen molar-refractivity contribution in [3.63, 3.8) is 0 Å². The molecule has 0 aliphatic heterocycles. The molecule has 0 radical (unpaired) electrons. The van der Waals surface area contributed by atoms with Crippen molar-refractivity contribution < 1.29 is 4.39 Å². The summed E-state index contributed by atoms with van der Waals surface area (Å²) in [4.78, 5) is 0. The van der Waals surface area contributed by atoms with Crippen molar-refractivity contribution in [3.8, 4) is 6.07 Å². The lowest BCUT2D eigenvalue weighted by molar-refractivity contribution is 0.612. The second-order valence-corrected chi connectivity index (χ2v) is 5.00. The van der Waals surface area contributed by atoms with E-state index in [1.165, 1.54) is 12.1 Å². The molecular weight excluding hydrogens is 307 g/mol. The Hall–Kier alpha value is -1.86. The highest BCUT2D eigenvalue weighted by Gasteiger charge is 2.06. The molecule has 0 aliphatic carbocycles. The Morgan fingerprint density at radius 2 is 2.11 bits per heavy atom. The van der Waals surface area contributed by atoms with Gasteiger partial charge in [-0.05, 0) is 52.7 Å².